The van der Waals surface area contributed by atoms with Crippen LogP contribution in [0.2, 0.25) is 5.02 Å². The molecule has 0 radical (unpaired) electrons. The normalized spacial score (nSPS) is 16.9. The van der Waals surface area contributed by atoms with Crippen LogP contribution in [0.4, 0.5) is 5.13 Å². The number of rotatable bonds is 5. The summed E-state index contributed by atoms with van der Waals surface area (Å²) in [6.45, 7) is 4.70. The Morgan fingerprint density at radius 3 is 2.74 bits per heavy atom. The molecule has 0 spiro atoms. The van der Waals surface area contributed by atoms with Gasteiger partial charge in [-0.05, 0) is 67.1 Å². The monoisotopic (exact) mass is 455 g/mol. The maximum absolute atomic E-state index is 13.7. The number of amides is 1. The molecule has 1 aliphatic heterocycles. The zero-order valence-electron chi connectivity index (χ0n) is 17.5. The molecule has 1 aliphatic carbocycles. The van der Waals surface area contributed by atoms with E-state index < -0.39 is 0 Å². The number of carbonyl (C=O) groups excluding carboxylic acids is 1. The molecule has 1 aromatic heterocycles. The number of hydrogen-bond donors (Lipinski definition) is 0. The molecule has 1 fully saturated rings. The van der Waals surface area contributed by atoms with Crippen LogP contribution in [0.15, 0.2) is 36.4 Å². The third kappa shape index (κ3) is 4.62. The lowest BCUT2D eigenvalue weighted by Crippen LogP contribution is -2.43. The molecule has 31 heavy (non-hydrogen) atoms. The minimum atomic E-state index is 0.0202. The molecule has 2 aliphatic rings. The number of benzene rings is 2. The van der Waals surface area contributed by atoms with Crippen LogP contribution in [0.1, 0.15) is 34.3 Å². The number of aromatic nitrogens is 1. The van der Waals surface area contributed by atoms with Gasteiger partial charge in [0.05, 0.1) is 23.4 Å². The zero-order valence-corrected chi connectivity index (χ0v) is 19.1. The van der Waals surface area contributed by atoms with Gasteiger partial charge < -0.3 is 4.74 Å². The molecule has 3 aromatic rings. The molecular formula is C24H26ClN3O2S. The Kier molecular flexibility index (Phi) is 6.23. The summed E-state index contributed by atoms with van der Waals surface area (Å²) in [5, 5.41) is 1.41. The first-order valence-corrected chi connectivity index (χ1v) is 12.2. The fourth-order valence-electron chi connectivity index (χ4n) is 4.37. The van der Waals surface area contributed by atoms with Crippen molar-refractivity contribution in [2.24, 2.45) is 0 Å². The van der Waals surface area contributed by atoms with E-state index in [1.165, 1.54) is 35.3 Å². The molecule has 2 aromatic carbocycles. The smallest absolute Gasteiger partial charge is 0.260 e. The number of carbonyl (C=O) groups is 1. The van der Waals surface area contributed by atoms with Gasteiger partial charge in [-0.15, -0.1) is 0 Å². The van der Waals surface area contributed by atoms with Gasteiger partial charge >= 0.3 is 0 Å². The molecule has 0 unspecified atom stereocenters. The number of halogens is 1. The molecule has 5 rings (SSSR count). The minimum Gasteiger partial charge on any atom is -0.379 e. The number of fused-ring (bicyclic) bond motifs is 2. The van der Waals surface area contributed by atoms with Gasteiger partial charge in [-0.2, -0.15) is 0 Å². The lowest BCUT2D eigenvalue weighted by Gasteiger charge is -2.29. The predicted octanol–water partition coefficient (Wildman–Crippen LogP) is 4.81. The molecule has 5 nitrogen and oxygen atoms in total. The van der Waals surface area contributed by atoms with E-state index in [0.717, 1.165) is 66.6 Å². The summed E-state index contributed by atoms with van der Waals surface area (Å²) in [5.41, 5.74) is 4.33. The van der Waals surface area contributed by atoms with Crippen molar-refractivity contribution in [1.29, 1.82) is 0 Å². The van der Waals surface area contributed by atoms with E-state index in [-0.39, 0.29) is 5.91 Å². The highest BCUT2D eigenvalue weighted by Crippen LogP contribution is 2.32. The van der Waals surface area contributed by atoms with Crippen molar-refractivity contribution in [3.63, 3.8) is 0 Å². The molecule has 0 N–H and O–H groups in total. The summed E-state index contributed by atoms with van der Waals surface area (Å²) in [7, 11) is 0. The average molecular weight is 456 g/mol. The molecular weight excluding hydrogens is 430 g/mol. The van der Waals surface area contributed by atoms with E-state index in [1.54, 1.807) is 0 Å². The average Bonchev–Trinajstić information content (AvgIpc) is 3.22. The summed E-state index contributed by atoms with van der Waals surface area (Å²) >= 11 is 7.70. The summed E-state index contributed by atoms with van der Waals surface area (Å²) in [6, 6.07) is 11.9. The van der Waals surface area contributed by atoms with Crippen LogP contribution in [-0.2, 0) is 17.6 Å². The fourth-order valence-corrected chi connectivity index (χ4v) is 5.64. The summed E-state index contributed by atoms with van der Waals surface area (Å²) in [5.74, 6) is 0.0202. The fraction of sp³-hybridized carbons (Fsp3) is 0.417. The van der Waals surface area contributed by atoms with Gasteiger partial charge in [0, 0.05) is 36.8 Å². The molecule has 0 atom stereocenters. The van der Waals surface area contributed by atoms with Crippen molar-refractivity contribution in [1.82, 2.24) is 9.88 Å². The van der Waals surface area contributed by atoms with Crippen molar-refractivity contribution in [3.05, 3.63) is 58.1 Å². The Labute approximate surface area is 191 Å². The first kappa shape index (κ1) is 20.9. The van der Waals surface area contributed by atoms with Crippen molar-refractivity contribution >= 4 is 44.2 Å². The van der Waals surface area contributed by atoms with Gasteiger partial charge in [0.15, 0.2) is 5.13 Å². The maximum atomic E-state index is 13.7. The van der Waals surface area contributed by atoms with Gasteiger partial charge in [-0.3, -0.25) is 14.6 Å². The van der Waals surface area contributed by atoms with Gasteiger partial charge in [0.1, 0.15) is 0 Å². The van der Waals surface area contributed by atoms with Crippen LogP contribution < -0.4 is 4.90 Å². The third-order valence-corrected chi connectivity index (χ3v) is 7.43. The van der Waals surface area contributed by atoms with Gasteiger partial charge in [-0.25, -0.2) is 4.98 Å². The van der Waals surface area contributed by atoms with Gasteiger partial charge in [-0.1, -0.05) is 29.0 Å². The first-order chi connectivity index (χ1) is 15.2. The Morgan fingerprint density at radius 1 is 1.10 bits per heavy atom. The van der Waals surface area contributed by atoms with E-state index in [2.05, 4.69) is 17.0 Å². The summed E-state index contributed by atoms with van der Waals surface area (Å²) in [4.78, 5) is 22.6. The van der Waals surface area contributed by atoms with Crippen LogP contribution in [-0.4, -0.2) is 55.2 Å². The molecule has 162 valence electrons. The zero-order chi connectivity index (χ0) is 21.2. The van der Waals surface area contributed by atoms with Gasteiger partial charge in [0.25, 0.3) is 5.91 Å². The number of thiazole rings is 1. The van der Waals surface area contributed by atoms with Crippen molar-refractivity contribution < 1.29 is 9.53 Å². The number of nitrogens with zero attached hydrogens (tertiary/aromatic N) is 3. The standard InChI is InChI=1S/C24H26ClN3O2S/c25-20-7-8-21-22(16-20)31-24(26-21)28(10-9-27-11-13-30-14-12-27)23(29)19-6-5-17-3-1-2-4-18(17)15-19/h5-8,15-16H,1-4,9-14H2. The highest BCUT2D eigenvalue weighted by molar-refractivity contribution is 7.22. The molecule has 1 amide bonds. The highest BCUT2D eigenvalue weighted by atomic mass is 35.5. The van der Waals surface area contributed by atoms with E-state index in [4.69, 9.17) is 21.3 Å². The minimum absolute atomic E-state index is 0.0202. The maximum Gasteiger partial charge on any atom is 0.260 e. The third-order valence-electron chi connectivity index (χ3n) is 6.15. The second kappa shape index (κ2) is 9.25. The van der Waals surface area contributed by atoms with Crippen LogP contribution in [0, 0.1) is 0 Å². The predicted molar refractivity (Wildman–Crippen MR) is 127 cm³/mol. The summed E-state index contributed by atoms with van der Waals surface area (Å²) in [6.07, 6.45) is 4.61. The molecule has 0 saturated carbocycles. The van der Waals surface area contributed by atoms with Crippen LogP contribution >= 0.6 is 22.9 Å². The second-order valence-electron chi connectivity index (χ2n) is 8.21. The number of hydrogen-bond acceptors (Lipinski definition) is 5. The van der Waals surface area contributed by atoms with Crippen LogP contribution in [0.5, 0.6) is 0 Å². The lowest BCUT2D eigenvalue weighted by atomic mass is 9.90. The first-order valence-electron chi connectivity index (χ1n) is 11.0. The lowest BCUT2D eigenvalue weighted by molar-refractivity contribution is 0.0391. The number of anilines is 1. The molecule has 1 saturated heterocycles. The van der Waals surface area contributed by atoms with E-state index in [0.29, 0.717) is 11.6 Å². The Morgan fingerprint density at radius 2 is 1.90 bits per heavy atom. The SMILES string of the molecule is O=C(c1ccc2c(c1)CCCC2)N(CCN1CCOCC1)c1nc2ccc(Cl)cc2s1. The van der Waals surface area contributed by atoms with Crippen LogP contribution in [0.25, 0.3) is 10.2 Å². The van der Waals surface area contributed by atoms with E-state index >= 15 is 0 Å². The molecule has 2 heterocycles. The largest absolute Gasteiger partial charge is 0.379 e. The topological polar surface area (TPSA) is 45.7 Å². The van der Waals surface area contributed by atoms with Crippen molar-refractivity contribution in [2.45, 2.75) is 25.7 Å². The Balaban J connectivity index is 1.45. The van der Waals surface area contributed by atoms with Gasteiger partial charge in [0.2, 0.25) is 0 Å². The van der Waals surface area contributed by atoms with E-state index in [9.17, 15) is 4.79 Å². The number of aryl methyl sites for hydroxylation is 2. The number of morpholine rings is 1. The number of ether oxygens (including phenoxy) is 1. The van der Waals surface area contributed by atoms with E-state index in [1.807, 2.05) is 29.2 Å². The highest BCUT2D eigenvalue weighted by Gasteiger charge is 2.24. The van der Waals surface area contributed by atoms with Crippen molar-refractivity contribution in [2.75, 3.05) is 44.3 Å². The van der Waals surface area contributed by atoms with Crippen molar-refractivity contribution in [3.8, 4) is 0 Å². The second-order valence-corrected chi connectivity index (χ2v) is 9.66. The molecule has 0 bridgehead atoms. The Hall–Kier alpha value is -1.99. The quantitative estimate of drug-likeness (QED) is 0.554. The summed E-state index contributed by atoms with van der Waals surface area (Å²) < 4.78 is 6.46. The van der Waals surface area contributed by atoms with Crippen LogP contribution in [0.3, 0.4) is 0 Å². The Bertz CT molecular complexity index is 1090. The molecule has 7 heteroatoms.